The third kappa shape index (κ3) is 5.27. The van der Waals surface area contributed by atoms with Gasteiger partial charge in [0.15, 0.2) is 0 Å². The maximum Gasteiger partial charge on any atom is 0.265 e. The molecule has 0 radical (unpaired) electrons. The molecule has 2 aromatic carbocycles. The summed E-state index contributed by atoms with van der Waals surface area (Å²) < 4.78 is 26.1. The molecule has 1 aliphatic carbocycles. The topological polar surface area (TPSA) is 44.8 Å². The Hall–Kier alpha value is -2.09. The fourth-order valence-electron chi connectivity index (χ4n) is 4.37. The van der Waals surface area contributed by atoms with Crippen molar-refractivity contribution >= 4 is 18.0 Å². The Morgan fingerprint density at radius 3 is 2.62 bits per heavy atom. The zero-order chi connectivity index (χ0) is 21.9. The van der Waals surface area contributed by atoms with Gasteiger partial charge in [-0.05, 0) is 61.8 Å². The number of likely N-dealkylation sites (tertiary alicyclic amines) is 1. The van der Waals surface area contributed by atoms with E-state index in [9.17, 15) is 9.18 Å². The van der Waals surface area contributed by atoms with Gasteiger partial charge in [0.25, 0.3) is 5.91 Å². The van der Waals surface area contributed by atoms with E-state index in [4.69, 9.17) is 4.74 Å². The first-order chi connectivity index (χ1) is 15.7. The number of piperidine rings is 1. The van der Waals surface area contributed by atoms with Crippen molar-refractivity contribution in [1.82, 2.24) is 13.9 Å². The molecule has 0 spiro atoms. The Balaban J connectivity index is 1.26. The van der Waals surface area contributed by atoms with Gasteiger partial charge >= 0.3 is 0 Å². The van der Waals surface area contributed by atoms with Gasteiger partial charge in [0.1, 0.15) is 17.7 Å². The SMILES string of the molecule is O=C(NSN1CCC1)c1cc(C2CC2)c(O[C@@H]2CCCN(Cc3ccccc3)C2)cc1F. The molecule has 7 heteroatoms. The first-order valence-corrected chi connectivity index (χ1v) is 12.4. The molecule has 2 saturated heterocycles. The van der Waals surface area contributed by atoms with Gasteiger partial charge in [-0.15, -0.1) is 0 Å². The molecule has 0 aromatic heterocycles. The molecule has 5 nitrogen and oxygen atoms in total. The van der Waals surface area contributed by atoms with Gasteiger partial charge in [-0.2, -0.15) is 0 Å². The number of carbonyl (C=O) groups excluding carboxylic acids is 1. The van der Waals surface area contributed by atoms with Crippen LogP contribution in [0.15, 0.2) is 42.5 Å². The summed E-state index contributed by atoms with van der Waals surface area (Å²) in [5.41, 5.74) is 2.39. The molecule has 3 fully saturated rings. The summed E-state index contributed by atoms with van der Waals surface area (Å²) in [4.78, 5) is 15.0. The summed E-state index contributed by atoms with van der Waals surface area (Å²) in [7, 11) is 0. The monoisotopic (exact) mass is 455 g/mol. The standard InChI is InChI=1S/C25H30FN3O2S/c26-23-15-24(31-20-8-4-11-28(17-20)16-18-6-2-1-3-7-18)21(19-9-10-19)14-22(23)25(30)27-32-29-12-5-13-29/h1-3,6-7,14-15,19-20H,4-5,8-13,16-17H2,(H,27,30)/t20-/m1/s1. The van der Waals surface area contributed by atoms with E-state index in [-0.39, 0.29) is 17.6 Å². The number of hydrogen-bond acceptors (Lipinski definition) is 5. The maximum atomic E-state index is 14.9. The molecule has 2 heterocycles. The molecule has 2 aliphatic heterocycles. The number of nitrogens with zero attached hydrogens (tertiary/aromatic N) is 2. The van der Waals surface area contributed by atoms with Crippen molar-refractivity contribution in [2.45, 2.75) is 50.7 Å². The van der Waals surface area contributed by atoms with Gasteiger partial charge in [-0.3, -0.25) is 14.4 Å². The third-order valence-electron chi connectivity index (χ3n) is 6.45. The minimum atomic E-state index is -0.511. The first kappa shape index (κ1) is 21.7. The van der Waals surface area contributed by atoms with E-state index in [0.29, 0.717) is 11.7 Å². The molecule has 5 rings (SSSR count). The number of ether oxygens (including phenoxy) is 1. The zero-order valence-electron chi connectivity index (χ0n) is 18.3. The highest BCUT2D eigenvalue weighted by molar-refractivity contribution is 7.95. The molecule has 1 amide bonds. The highest BCUT2D eigenvalue weighted by Gasteiger charge is 2.31. The van der Waals surface area contributed by atoms with Gasteiger partial charge in [0, 0.05) is 44.4 Å². The number of carbonyl (C=O) groups is 1. The molecule has 1 N–H and O–H groups in total. The van der Waals surface area contributed by atoms with Crippen LogP contribution in [0.1, 0.15) is 59.5 Å². The normalized spacial score (nSPS) is 21.7. The van der Waals surface area contributed by atoms with Crippen molar-refractivity contribution in [3.8, 4) is 5.75 Å². The van der Waals surface area contributed by atoms with E-state index in [1.165, 1.54) is 23.8 Å². The number of rotatable bonds is 8. The molecule has 1 saturated carbocycles. The summed E-state index contributed by atoms with van der Waals surface area (Å²) >= 11 is 1.27. The number of hydrogen-bond donors (Lipinski definition) is 1. The third-order valence-corrected chi connectivity index (χ3v) is 7.35. The summed E-state index contributed by atoms with van der Waals surface area (Å²) in [6, 6.07) is 13.6. The van der Waals surface area contributed by atoms with Crippen molar-refractivity contribution in [3.05, 3.63) is 65.0 Å². The summed E-state index contributed by atoms with van der Waals surface area (Å²) in [6.07, 6.45) is 5.33. The van der Waals surface area contributed by atoms with E-state index < -0.39 is 5.82 Å². The Bertz CT molecular complexity index is 950. The highest BCUT2D eigenvalue weighted by Crippen LogP contribution is 2.45. The van der Waals surface area contributed by atoms with E-state index in [2.05, 4.69) is 38.2 Å². The summed E-state index contributed by atoms with van der Waals surface area (Å²) in [6.45, 7) is 4.69. The molecule has 0 unspecified atom stereocenters. The van der Waals surface area contributed by atoms with Crippen molar-refractivity contribution in [3.63, 3.8) is 0 Å². The van der Waals surface area contributed by atoms with Gasteiger partial charge in [0.05, 0.1) is 5.56 Å². The van der Waals surface area contributed by atoms with E-state index in [1.54, 1.807) is 6.07 Å². The Morgan fingerprint density at radius 1 is 1.09 bits per heavy atom. The minimum absolute atomic E-state index is 0.0333. The quantitative estimate of drug-likeness (QED) is 0.583. The lowest BCUT2D eigenvalue weighted by Crippen LogP contribution is -2.40. The lowest BCUT2D eigenvalue weighted by atomic mass is 10.0. The van der Waals surface area contributed by atoms with E-state index in [0.717, 1.165) is 70.4 Å². The number of nitrogens with one attached hydrogen (secondary N) is 1. The second-order valence-electron chi connectivity index (χ2n) is 9.05. The van der Waals surface area contributed by atoms with Crippen LogP contribution in [-0.4, -0.2) is 47.4 Å². The van der Waals surface area contributed by atoms with Crippen molar-refractivity contribution < 1.29 is 13.9 Å². The molecule has 0 bridgehead atoms. The average Bonchev–Trinajstić information content (AvgIpc) is 3.59. The minimum Gasteiger partial charge on any atom is -0.489 e. The highest BCUT2D eigenvalue weighted by atomic mass is 32.2. The van der Waals surface area contributed by atoms with Crippen molar-refractivity contribution in [2.75, 3.05) is 26.2 Å². The van der Waals surface area contributed by atoms with Gasteiger partial charge < -0.3 is 4.74 Å². The maximum absolute atomic E-state index is 14.9. The van der Waals surface area contributed by atoms with Crippen LogP contribution in [0.4, 0.5) is 4.39 Å². The van der Waals surface area contributed by atoms with E-state index >= 15 is 0 Å². The molecule has 2 aromatic rings. The van der Waals surface area contributed by atoms with Crippen LogP contribution in [0, 0.1) is 5.82 Å². The Labute approximate surface area is 193 Å². The number of benzene rings is 2. The second kappa shape index (κ2) is 9.81. The van der Waals surface area contributed by atoms with Crippen LogP contribution >= 0.6 is 12.1 Å². The Morgan fingerprint density at radius 2 is 1.91 bits per heavy atom. The molecular formula is C25H30FN3O2S. The smallest absolute Gasteiger partial charge is 0.265 e. The predicted octanol–water partition coefficient (Wildman–Crippen LogP) is 4.75. The average molecular weight is 456 g/mol. The summed E-state index contributed by atoms with van der Waals surface area (Å²) in [5, 5.41) is 0. The molecular weight excluding hydrogens is 425 g/mol. The van der Waals surface area contributed by atoms with E-state index in [1.807, 2.05) is 6.07 Å². The van der Waals surface area contributed by atoms with Crippen LogP contribution < -0.4 is 9.46 Å². The van der Waals surface area contributed by atoms with Gasteiger partial charge in [0.2, 0.25) is 0 Å². The Kier molecular flexibility index (Phi) is 6.67. The van der Waals surface area contributed by atoms with Gasteiger partial charge in [-0.1, -0.05) is 30.3 Å². The van der Waals surface area contributed by atoms with Crippen LogP contribution in [0.2, 0.25) is 0 Å². The van der Waals surface area contributed by atoms with Crippen LogP contribution in [0.25, 0.3) is 0 Å². The fraction of sp³-hybridized carbons (Fsp3) is 0.480. The van der Waals surface area contributed by atoms with Crippen LogP contribution in [0.5, 0.6) is 5.75 Å². The number of amides is 1. The molecule has 1 atom stereocenters. The summed E-state index contributed by atoms with van der Waals surface area (Å²) in [5.74, 6) is 0.0929. The lowest BCUT2D eigenvalue weighted by molar-refractivity contribution is 0.0832. The van der Waals surface area contributed by atoms with Crippen LogP contribution in [-0.2, 0) is 6.54 Å². The van der Waals surface area contributed by atoms with Crippen LogP contribution in [0.3, 0.4) is 0 Å². The molecule has 3 aliphatic rings. The molecule has 170 valence electrons. The van der Waals surface area contributed by atoms with Crippen molar-refractivity contribution in [1.29, 1.82) is 0 Å². The lowest BCUT2D eigenvalue weighted by Gasteiger charge is -2.33. The largest absolute Gasteiger partial charge is 0.489 e. The van der Waals surface area contributed by atoms with Crippen molar-refractivity contribution in [2.24, 2.45) is 0 Å². The first-order valence-electron chi connectivity index (χ1n) is 11.6. The molecule has 32 heavy (non-hydrogen) atoms. The predicted molar refractivity (Wildman–Crippen MR) is 125 cm³/mol. The fourth-order valence-corrected chi connectivity index (χ4v) is 5.14. The zero-order valence-corrected chi connectivity index (χ0v) is 19.1. The second-order valence-corrected chi connectivity index (χ2v) is 9.96. The van der Waals surface area contributed by atoms with Gasteiger partial charge in [-0.25, -0.2) is 8.70 Å². The number of halogens is 1.